The van der Waals surface area contributed by atoms with E-state index in [9.17, 15) is 0 Å². The molecule has 1 aromatic heterocycles. The van der Waals surface area contributed by atoms with Crippen molar-refractivity contribution in [2.45, 2.75) is 24.4 Å². The van der Waals surface area contributed by atoms with Gasteiger partial charge in [-0.2, -0.15) is 0 Å². The number of imidazole rings is 1. The molecule has 3 atom stereocenters. The monoisotopic (exact) mass is 488 g/mol. The van der Waals surface area contributed by atoms with Crippen molar-refractivity contribution in [3.8, 4) is 5.75 Å². The van der Waals surface area contributed by atoms with Crippen LogP contribution in [0.4, 0.5) is 5.69 Å². The molecule has 33 heavy (non-hydrogen) atoms. The van der Waals surface area contributed by atoms with Gasteiger partial charge in [0.25, 0.3) is 0 Å². The molecular weight excluding hydrogens is 463 g/mol. The van der Waals surface area contributed by atoms with E-state index in [0.717, 1.165) is 42.5 Å². The number of para-hydroxylation sites is 2. The van der Waals surface area contributed by atoms with E-state index in [1.807, 2.05) is 24.3 Å². The summed E-state index contributed by atoms with van der Waals surface area (Å²) in [6.45, 7) is 2.88. The highest BCUT2D eigenvalue weighted by atomic mass is 35.5. The van der Waals surface area contributed by atoms with Crippen LogP contribution in [0.2, 0.25) is 10.0 Å². The number of rotatable bonds is 6. The van der Waals surface area contributed by atoms with Crippen LogP contribution in [0.5, 0.6) is 5.75 Å². The van der Waals surface area contributed by atoms with Crippen LogP contribution in [0.3, 0.4) is 0 Å². The number of H-pyrrole nitrogens is 1. The molecule has 2 aromatic carbocycles. The molecule has 2 fully saturated rings. The van der Waals surface area contributed by atoms with Crippen molar-refractivity contribution in [3.63, 3.8) is 0 Å². The smallest absolute Gasteiger partial charge is 0.204 e. The number of aromatic amines is 1. The highest BCUT2D eigenvalue weighted by molar-refractivity contribution is 6.35. The van der Waals surface area contributed by atoms with E-state index in [0.29, 0.717) is 23.1 Å². The summed E-state index contributed by atoms with van der Waals surface area (Å²) in [6, 6.07) is 13.5. The summed E-state index contributed by atoms with van der Waals surface area (Å²) >= 11 is 12.8. The lowest BCUT2D eigenvalue weighted by molar-refractivity contribution is -0.179. The minimum atomic E-state index is -1.08. The summed E-state index contributed by atoms with van der Waals surface area (Å²) in [7, 11) is 1.70. The van der Waals surface area contributed by atoms with E-state index < -0.39 is 5.79 Å². The molecule has 7 nitrogen and oxygen atoms in total. The molecule has 0 aliphatic carbocycles. The minimum Gasteiger partial charge on any atom is -0.495 e. The van der Waals surface area contributed by atoms with Crippen molar-refractivity contribution in [3.05, 3.63) is 76.3 Å². The number of methoxy groups -OCH3 is 1. The molecule has 3 unspecified atom stereocenters. The maximum Gasteiger partial charge on any atom is 0.204 e. The van der Waals surface area contributed by atoms with Crippen LogP contribution >= 0.6 is 23.2 Å². The van der Waals surface area contributed by atoms with Gasteiger partial charge >= 0.3 is 0 Å². The Balaban J connectivity index is 1.48. The molecule has 174 valence electrons. The quantitative estimate of drug-likeness (QED) is 0.545. The first-order valence-corrected chi connectivity index (χ1v) is 11.7. The number of hydrogen-bond acceptors (Lipinski definition) is 6. The molecule has 3 aromatic rings. The lowest BCUT2D eigenvalue weighted by atomic mass is 10.0. The summed E-state index contributed by atoms with van der Waals surface area (Å²) in [4.78, 5) is 9.89. The Morgan fingerprint density at radius 1 is 1.24 bits per heavy atom. The number of piperazine rings is 1. The molecule has 2 aliphatic rings. The maximum absolute atomic E-state index is 6.76. The number of aromatic nitrogens is 2. The minimum absolute atomic E-state index is 0.0413. The van der Waals surface area contributed by atoms with Crippen molar-refractivity contribution >= 4 is 28.9 Å². The van der Waals surface area contributed by atoms with Crippen LogP contribution < -0.4 is 15.0 Å². The lowest BCUT2D eigenvalue weighted by Gasteiger charge is -2.41. The highest BCUT2D eigenvalue weighted by Gasteiger charge is 2.49. The first-order valence-electron chi connectivity index (χ1n) is 11.0. The third kappa shape index (κ3) is 4.44. The van der Waals surface area contributed by atoms with E-state index >= 15 is 0 Å². The van der Waals surface area contributed by atoms with Crippen molar-refractivity contribution < 1.29 is 14.2 Å². The Bertz CT molecular complexity index is 1100. The zero-order valence-electron chi connectivity index (χ0n) is 18.3. The number of benzene rings is 2. The summed E-state index contributed by atoms with van der Waals surface area (Å²) in [5, 5.41) is 4.56. The molecule has 9 heteroatoms. The Labute approximate surface area is 203 Å². The fourth-order valence-corrected chi connectivity index (χ4v) is 5.24. The van der Waals surface area contributed by atoms with Crippen molar-refractivity contribution in [1.82, 2.24) is 15.3 Å². The number of nitrogens with zero attached hydrogens (tertiary/aromatic N) is 2. The van der Waals surface area contributed by atoms with E-state index in [1.165, 1.54) is 0 Å². The zero-order valence-corrected chi connectivity index (χ0v) is 19.8. The van der Waals surface area contributed by atoms with Gasteiger partial charge in [0, 0.05) is 42.6 Å². The van der Waals surface area contributed by atoms with Crippen LogP contribution in [0.25, 0.3) is 0 Å². The van der Waals surface area contributed by atoms with E-state index in [4.69, 9.17) is 37.4 Å². The second kappa shape index (κ2) is 9.52. The SMILES string of the molecule is COc1ccccc1N1CCNCC1C1COC(Cc2ncc[nH]2)(c2ccc(Cl)cc2Cl)O1. The van der Waals surface area contributed by atoms with Gasteiger partial charge in [0.1, 0.15) is 17.7 Å². The molecule has 0 saturated carbocycles. The van der Waals surface area contributed by atoms with Gasteiger partial charge in [0.05, 0.1) is 36.9 Å². The molecule has 2 saturated heterocycles. The molecule has 5 rings (SSSR count). The third-order valence-corrected chi connectivity index (χ3v) is 6.77. The van der Waals surface area contributed by atoms with Crippen molar-refractivity contribution in [2.75, 3.05) is 38.3 Å². The average Bonchev–Trinajstić information content (AvgIpc) is 3.50. The van der Waals surface area contributed by atoms with Crippen LogP contribution in [-0.2, 0) is 21.7 Å². The number of anilines is 1. The predicted molar refractivity (Wildman–Crippen MR) is 128 cm³/mol. The number of hydrogen-bond donors (Lipinski definition) is 2. The second-order valence-electron chi connectivity index (χ2n) is 8.19. The number of nitrogens with one attached hydrogen (secondary N) is 2. The molecular formula is C24H26Cl2N4O3. The van der Waals surface area contributed by atoms with Gasteiger partial charge in [0.2, 0.25) is 5.79 Å². The summed E-state index contributed by atoms with van der Waals surface area (Å²) in [5.74, 6) is 0.518. The summed E-state index contributed by atoms with van der Waals surface area (Å²) in [6.07, 6.45) is 3.69. The van der Waals surface area contributed by atoms with Gasteiger partial charge in [-0.15, -0.1) is 0 Å². The predicted octanol–water partition coefficient (Wildman–Crippen LogP) is 4.01. The molecule has 0 spiro atoms. The highest BCUT2D eigenvalue weighted by Crippen LogP contribution is 2.43. The molecule has 0 amide bonds. The van der Waals surface area contributed by atoms with Crippen LogP contribution in [0.1, 0.15) is 11.4 Å². The maximum atomic E-state index is 6.76. The van der Waals surface area contributed by atoms with Gasteiger partial charge in [0.15, 0.2) is 0 Å². The summed E-state index contributed by atoms with van der Waals surface area (Å²) < 4.78 is 18.8. The first kappa shape index (κ1) is 22.5. The van der Waals surface area contributed by atoms with Gasteiger partial charge in [-0.3, -0.25) is 0 Å². The Morgan fingerprint density at radius 2 is 2.12 bits per heavy atom. The zero-order chi connectivity index (χ0) is 22.8. The number of halogens is 2. The Kier molecular flexibility index (Phi) is 6.49. The molecule has 2 aliphatic heterocycles. The molecule has 0 bridgehead atoms. The van der Waals surface area contributed by atoms with Crippen molar-refractivity contribution in [1.29, 1.82) is 0 Å². The topological polar surface area (TPSA) is 71.6 Å². The lowest BCUT2D eigenvalue weighted by Crippen LogP contribution is -2.57. The fourth-order valence-electron chi connectivity index (χ4n) is 4.69. The molecule has 3 heterocycles. The standard InChI is InChI=1S/C24H26Cl2N4O3/c1-31-21-5-3-2-4-19(21)30-11-10-27-14-20(30)22-15-32-24(33-22,13-23-28-8-9-29-23)17-7-6-16(25)12-18(17)26/h2-9,12,20,22,27H,10-11,13-15H2,1H3,(H,28,29). The first-order chi connectivity index (χ1) is 16.1. The molecule has 2 N–H and O–H groups in total. The average molecular weight is 489 g/mol. The van der Waals surface area contributed by atoms with Crippen LogP contribution in [0, 0.1) is 0 Å². The molecule has 0 radical (unpaired) electrons. The largest absolute Gasteiger partial charge is 0.495 e. The normalized spacial score (nSPS) is 25.4. The van der Waals surface area contributed by atoms with Gasteiger partial charge in [-0.1, -0.05) is 41.4 Å². The van der Waals surface area contributed by atoms with Crippen LogP contribution in [0.15, 0.2) is 54.9 Å². The van der Waals surface area contributed by atoms with E-state index in [-0.39, 0.29) is 12.1 Å². The van der Waals surface area contributed by atoms with Gasteiger partial charge in [-0.05, 0) is 24.3 Å². The fraction of sp³-hybridized carbons (Fsp3) is 0.375. The van der Waals surface area contributed by atoms with E-state index in [2.05, 4.69) is 26.3 Å². The van der Waals surface area contributed by atoms with Gasteiger partial charge in [-0.25, -0.2) is 4.98 Å². The number of ether oxygens (including phenoxy) is 3. The summed E-state index contributed by atoms with van der Waals surface area (Å²) in [5.41, 5.74) is 1.78. The second-order valence-corrected chi connectivity index (χ2v) is 9.04. The van der Waals surface area contributed by atoms with Gasteiger partial charge < -0.3 is 29.4 Å². The Morgan fingerprint density at radius 3 is 2.91 bits per heavy atom. The Hall–Kier alpha value is -2.29. The van der Waals surface area contributed by atoms with E-state index in [1.54, 1.807) is 31.6 Å². The third-order valence-electron chi connectivity index (χ3n) is 6.23. The van der Waals surface area contributed by atoms with Crippen LogP contribution in [-0.4, -0.2) is 55.5 Å². The van der Waals surface area contributed by atoms with Crippen molar-refractivity contribution in [2.24, 2.45) is 0 Å².